The van der Waals surface area contributed by atoms with E-state index >= 15 is 0 Å². The maximum atomic E-state index is 3.73. The lowest BCUT2D eigenvalue weighted by molar-refractivity contribution is 0.201. The molecule has 0 saturated heterocycles. The molecule has 0 amide bonds. The Hall–Kier alpha value is -0.0400. The van der Waals surface area contributed by atoms with E-state index in [2.05, 4.69) is 19.2 Å². The van der Waals surface area contributed by atoms with Crippen molar-refractivity contribution in [1.29, 1.82) is 0 Å². The quantitative estimate of drug-likeness (QED) is 0.703. The molecule has 0 aromatic carbocycles. The molecule has 1 atom stereocenters. The summed E-state index contributed by atoms with van der Waals surface area (Å²) in [6, 6.07) is 0.833. The summed E-state index contributed by atoms with van der Waals surface area (Å²) in [6.45, 7) is 5.90. The second-order valence-corrected chi connectivity index (χ2v) is 5.23. The van der Waals surface area contributed by atoms with Crippen LogP contribution in [0.5, 0.6) is 0 Å². The van der Waals surface area contributed by atoms with Crippen LogP contribution in [0.4, 0.5) is 0 Å². The van der Waals surface area contributed by atoms with E-state index < -0.39 is 0 Å². The van der Waals surface area contributed by atoms with Crippen LogP contribution in [0.2, 0.25) is 0 Å². The molecule has 0 spiro atoms. The summed E-state index contributed by atoms with van der Waals surface area (Å²) in [7, 11) is 0. The van der Waals surface area contributed by atoms with E-state index in [1.807, 2.05) is 0 Å². The highest BCUT2D eigenvalue weighted by Crippen LogP contribution is 2.48. The Kier molecular flexibility index (Phi) is 2.64. The first-order valence-electron chi connectivity index (χ1n) is 5.99. The summed E-state index contributed by atoms with van der Waals surface area (Å²) in [5, 5.41) is 3.73. The minimum atomic E-state index is 0.636. The van der Waals surface area contributed by atoms with Crippen molar-refractivity contribution in [3.05, 3.63) is 0 Å². The third kappa shape index (κ3) is 1.90. The number of nitrogens with one attached hydrogen (secondary N) is 1. The van der Waals surface area contributed by atoms with Crippen LogP contribution >= 0.6 is 0 Å². The van der Waals surface area contributed by atoms with Gasteiger partial charge in [-0.1, -0.05) is 26.7 Å². The van der Waals surface area contributed by atoms with Gasteiger partial charge in [-0.3, -0.25) is 0 Å². The molecule has 1 unspecified atom stereocenters. The highest BCUT2D eigenvalue weighted by Gasteiger charge is 2.44. The topological polar surface area (TPSA) is 12.0 Å². The van der Waals surface area contributed by atoms with Crippen molar-refractivity contribution in [3.8, 4) is 0 Å². The molecule has 2 aliphatic carbocycles. The van der Waals surface area contributed by atoms with E-state index in [1.54, 1.807) is 0 Å². The van der Waals surface area contributed by atoms with Crippen molar-refractivity contribution in [1.82, 2.24) is 5.32 Å². The van der Waals surface area contributed by atoms with Gasteiger partial charge in [0.25, 0.3) is 0 Å². The van der Waals surface area contributed by atoms with Crippen LogP contribution in [0.15, 0.2) is 0 Å². The molecular formula is C12H23N. The first kappa shape index (κ1) is 9.51. The number of hydrogen-bond donors (Lipinski definition) is 1. The molecule has 0 bridgehead atoms. The molecule has 2 rings (SSSR count). The summed E-state index contributed by atoms with van der Waals surface area (Å²) in [5.41, 5.74) is 0.636. The molecule has 0 aromatic rings. The summed E-state index contributed by atoms with van der Waals surface area (Å²) in [5.74, 6) is 1.02. The maximum absolute atomic E-state index is 3.73. The SMILES string of the molecule is CCNC(C1CC1)C1(C)CCCC1. The fraction of sp³-hybridized carbons (Fsp3) is 1.00. The van der Waals surface area contributed by atoms with Crippen molar-refractivity contribution in [2.45, 2.75) is 58.4 Å². The van der Waals surface area contributed by atoms with Crippen molar-refractivity contribution in [3.63, 3.8) is 0 Å². The fourth-order valence-corrected chi connectivity index (χ4v) is 3.13. The lowest BCUT2D eigenvalue weighted by atomic mass is 9.78. The summed E-state index contributed by atoms with van der Waals surface area (Å²) >= 11 is 0. The monoisotopic (exact) mass is 181 g/mol. The summed E-state index contributed by atoms with van der Waals surface area (Å²) in [4.78, 5) is 0. The molecular weight excluding hydrogens is 158 g/mol. The van der Waals surface area contributed by atoms with Gasteiger partial charge in [0.05, 0.1) is 0 Å². The Labute approximate surface area is 82.3 Å². The average molecular weight is 181 g/mol. The number of rotatable bonds is 4. The average Bonchev–Trinajstić information content (AvgIpc) is 2.85. The Morgan fingerprint density at radius 2 is 1.92 bits per heavy atom. The molecule has 76 valence electrons. The van der Waals surface area contributed by atoms with E-state index in [1.165, 1.54) is 38.5 Å². The Morgan fingerprint density at radius 3 is 2.38 bits per heavy atom. The van der Waals surface area contributed by atoms with E-state index in [-0.39, 0.29) is 0 Å². The predicted molar refractivity (Wildman–Crippen MR) is 56.8 cm³/mol. The van der Waals surface area contributed by atoms with Gasteiger partial charge < -0.3 is 5.32 Å². The molecule has 0 aromatic heterocycles. The van der Waals surface area contributed by atoms with Crippen LogP contribution in [0.3, 0.4) is 0 Å². The van der Waals surface area contributed by atoms with Crippen LogP contribution in [0.25, 0.3) is 0 Å². The molecule has 1 heteroatoms. The first-order valence-corrected chi connectivity index (χ1v) is 5.99. The standard InChI is InChI=1S/C12H23N/c1-3-13-11(10-6-7-10)12(2)8-4-5-9-12/h10-11,13H,3-9H2,1-2H3. The van der Waals surface area contributed by atoms with Crippen LogP contribution in [-0.4, -0.2) is 12.6 Å². The minimum absolute atomic E-state index is 0.636. The van der Waals surface area contributed by atoms with Gasteiger partial charge in [-0.15, -0.1) is 0 Å². The molecule has 2 saturated carbocycles. The molecule has 0 aliphatic heterocycles. The van der Waals surface area contributed by atoms with Gasteiger partial charge in [0.2, 0.25) is 0 Å². The third-order valence-electron chi connectivity index (χ3n) is 4.01. The van der Waals surface area contributed by atoms with Gasteiger partial charge in [0.1, 0.15) is 0 Å². The van der Waals surface area contributed by atoms with Crippen LogP contribution in [0, 0.1) is 11.3 Å². The molecule has 1 N–H and O–H groups in total. The van der Waals surface area contributed by atoms with Gasteiger partial charge in [0, 0.05) is 6.04 Å². The second-order valence-electron chi connectivity index (χ2n) is 5.23. The maximum Gasteiger partial charge on any atom is 0.0149 e. The van der Waals surface area contributed by atoms with Crippen LogP contribution in [-0.2, 0) is 0 Å². The third-order valence-corrected chi connectivity index (χ3v) is 4.01. The largest absolute Gasteiger partial charge is 0.313 e. The van der Waals surface area contributed by atoms with Gasteiger partial charge in [-0.05, 0) is 43.6 Å². The second kappa shape index (κ2) is 3.61. The van der Waals surface area contributed by atoms with Gasteiger partial charge in [-0.2, -0.15) is 0 Å². The fourth-order valence-electron chi connectivity index (χ4n) is 3.13. The van der Waals surface area contributed by atoms with E-state index in [4.69, 9.17) is 0 Å². The highest BCUT2D eigenvalue weighted by atomic mass is 14.9. The zero-order valence-corrected chi connectivity index (χ0v) is 9.10. The van der Waals surface area contributed by atoms with Crippen LogP contribution in [0.1, 0.15) is 52.4 Å². The molecule has 2 aliphatic rings. The normalized spacial score (nSPS) is 29.1. The molecule has 0 heterocycles. The van der Waals surface area contributed by atoms with Gasteiger partial charge in [-0.25, -0.2) is 0 Å². The van der Waals surface area contributed by atoms with E-state index in [0.29, 0.717) is 5.41 Å². The predicted octanol–water partition coefficient (Wildman–Crippen LogP) is 2.95. The summed E-state index contributed by atoms with van der Waals surface area (Å²) < 4.78 is 0. The van der Waals surface area contributed by atoms with Gasteiger partial charge in [0.15, 0.2) is 0 Å². The molecule has 13 heavy (non-hydrogen) atoms. The van der Waals surface area contributed by atoms with Crippen molar-refractivity contribution in [2.24, 2.45) is 11.3 Å². The van der Waals surface area contributed by atoms with Crippen molar-refractivity contribution >= 4 is 0 Å². The van der Waals surface area contributed by atoms with E-state index in [9.17, 15) is 0 Å². The lowest BCUT2D eigenvalue weighted by Crippen LogP contribution is -2.43. The zero-order valence-electron chi connectivity index (χ0n) is 9.10. The van der Waals surface area contributed by atoms with Crippen molar-refractivity contribution in [2.75, 3.05) is 6.54 Å². The molecule has 1 nitrogen and oxygen atoms in total. The van der Waals surface area contributed by atoms with E-state index in [0.717, 1.165) is 18.5 Å². The lowest BCUT2D eigenvalue weighted by Gasteiger charge is -2.35. The Bertz CT molecular complexity index is 166. The highest BCUT2D eigenvalue weighted by molar-refractivity contribution is 4.99. The van der Waals surface area contributed by atoms with Crippen LogP contribution < -0.4 is 5.32 Å². The number of hydrogen-bond acceptors (Lipinski definition) is 1. The Balaban J connectivity index is 1.99. The summed E-state index contributed by atoms with van der Waals surface area (Å²) in [6.07, 6.45) is 8.80. The Morgan fingerprint density at radius 1 is 1.31 bits per heavy atom. The molecule has 2 fully saturated rings. The first-order chi connectivity index (χ1) is 6.26. The zero-order chi connectivity index (χ0) is 9.31. The van der Waals surface area contributed by atoms with Crippen molar-refractivity contribution < 1.29 is 0 Å². The van der Waals surface area contributed by atoms with Gasteiger partial charge >= 0.3 is 0 Å². The minimum Gasteiger partial charge on any atom is -0.313 e. The molecule has 0 radical (unpaired) electrons. The smallest absolute Gasteiger partial charge is 0.0149 e.